The maximum atomic E-state index is 12.2. The summed E-state index contributed by atoms with van der Waals surface area (Å²) in [6.45, 7) is 2.50. The lowest BCUT2D eigenvalue weighted by atomic mass is 10.0. The number of benzene rings is 4. The average molecular weight is 495 g/mol. The molecule has 0 atom stereocenters. The van der Waals surface area contributed by atoms with Crippen molar-refractivity contribution in [3.8, 4) is 16.8 Å². The lowest BCUT2D eigenvalue weighted by Gasteiger charge is -2.12. The van der Waals surface area contributed by atoms with Crippen molar-refractivity contribution in [2.75, 3.05) is 5.32 Å². The summed E-state index contributed by atoms with van der Waals surface area (Å²) in [5.41, 5.74) is 6.92. The van der Waals surface area contributed by atoms with Gasteiger partial charge in [-0.15, -0.1) is 0 Å². The maximum absolute atomic E-state index is 12.2. The third-order valence-electron chi connectivity index (χ3n) is 6.28. The van der Waals surface area contributed by atoms with Crippen molar-refractivity contribution >= 4 is 34.2 Å². The Bertz CT molecular complexity index is 1600. The van der Waals surface area contributed by atoms with Crippen LogP contribution in [0.3, 0.4) is 0 Å². The van der Waals surface area contributed by atoms with Crippen molar-refractivity contribution in [1.82, 2.24) is 9.13 Å². The minimum Gasteiger partial charge on any atom is -0.326 e. The number of carbonyl (C=O) groups excluding carboxylic acids is 1. The largest absolute Gasteiger partial charge is 0.326 e. The van der Waals surface area contributed by atoms with Crippen molar-refractivity contribution in [3.05, 3.63) is 113 Å². The monoisotopic (exact) mass is 494 g/mol. The summed E-state index contributed by atoms with van der Waals surface area (Å²) in [5, 5.41) is 12.8. The smallest absolute Gasteiger partial charge is 0.224 e. The second-order valence-electron chi connectivity index (χ2n) is 8.72. The van der Waals surface area contributed by atoms with Gasteiger partial charge in [-0.05, 0) is 53.9 Å². The van der Waals surface area contributed by atoms with Gasteiger partial charge in [0.25, 0.3) is 0 Å². The number of hydrogen-bond donors (Lipinski definition) is 2. The molecule has 5 nitrogen and oxygen atoms in total. The quantitative estimate of drug-likeness (QED) is 0.251. The van der Waals surface area contributed by atoms with Crippen molar-refractivity contribution in [2.24, 2.45) is 0 Å². The Morgan fingerprint density at radius 2 is 1.53 bits per heavy atom. The third-order valence-corrected chi connectivity index (χ3v) is 6.65. The van der Waals surface area contributed by atoms with Gasteiger partial charge in [0, 0.05) is 28.4 Å². The summed E-state index contributed by atoms with van der Waals surface area (Å²) in [5.74, 6) is 0.0160. The van der Waals surface area contributed by atoms with Crippen LogP contribution in [0.25, 0.3) is 27.8 Å². The number of aromatic nitrogens is 2. The molecule has 6 heteroatoms. The molecule has 0 saturated heterocycles. The predicted molar refractivity (Wildman–Crippen MR) is 147 cm³/mol. The molecule has 5 aromatic rings. The molecular weight excluding hydrogens is 468 g/mol. The van der Waals surface area contributed by atoms with E-state index in [4.69, 9.17) is 17.0 Å². The van der Waals surface area contributed by atoms with Crippen LogP contribution in [0.1, 0.15) is 25.3 Å². The van der Waals surface area contributed by atoms with Crippen LogP contribution in [0, 0.1) is 5.41 Å². The Kier molecular flexibility index (Phi) is 6.74. The van der Waals surface area contributed by atoms with E-state index in [-0.39, 0.29) is 5.91 Å². The van der Waals surface area contributed by atoms with E-state index in [1.165, 1.54) is 0 Å². The first-order valence-corrected chi connectivity index (χ1v) is 12.4. The second-order valence-corrected chi connectivity index (χ2v) is 9.12. The zero-order valence-corrected chi connectivity index (χ0v) is 20.8. The fraction of sp³-hybridized carbons (Fsp3) is 0.133. The predicted octanol–water partition coefficient (Wildman–Crippen LogP) is 7.02. The second kappa shape index (κ2) is 10.3. The topological polar surface area (TPSA) is 62.8 Å². The zero-order chi connectivity index (χ0) is 25.1. The van der Waals surface area contributed by atoms with Gasteiger partial charge in [-0.25, -0.2) is 0 Å². The standard InChI is InChI=1S/C30H27ClN4O/c1-2-9-29(36)33-26-13-6-4-11-24(26)21-16-18-23(19-17-21)35-28-15-8-7-14-27(28)34(30(35)32)20-22-10-3-5-12-25(22)31/h3-8,10-19,32H,2,9,20H2,1H3,(H,33,36). The van der Waals surface area contributed by atoms with E-state index >= 15 is 0 Å². The summed E-state index contributed by atoms with van der Waals surface area (Å²) in [7, 11) is 0. The molecule has 0 aliphatic rings. The molecule has 4 aromatic carbocycles. The van der Waals surface area contributed by atoms with E-state index in [0.717, 1.165) is 45.5 Å². The number of carbonyl (C=O) groups is 1. The molecule has 0 aliphatic heterocycles. The van der Waals surface area contributed by atoms with Gasteiger partial charge in [0.1, 0.15) is 0 Å². The normalized spacial score (nSPS) is 11.1. The highest BCUT2D eigenvalue weighted by Gasteiger charge is 2.14. The Balaban J connectivity index is 1.54. The van der Waals surface area contributed by atoms with Crippen LogP contribution in [0.4, 0.5) is 5.69 Å². The van der Waals surface area contributed by atoms with Crippen LogP contribution in [0.15, 0.2) is 97.1 Å². The van der Waals surface area contributed by atoms with Crippen LogP contribution in [-0.4, -0.2) is 15.0 Å². The van der Waals surface area contributed by atoms with Crippen LogP contribution in [0.2, 0.25) is 5.02 Å². The van der Waals surface area contributed by atoms with Gasteiger partial charge in [0.15, 0.2) is 0 Å². The highest BCUT2D eigenvalue weighted by molar-refractivity contribution is 6.31. The van der Waals surface area contributed by atoms with Crippen molar-refractivity contribution in [2.45, 2.75) is 26.3 Å². The van der Waals surface area contributed by atoms with Gasteiger partial charge in [-0.1, -0.05) is 79.2 Å². The van der Waals surface area contributed by atoms with E-state index < -0.39 is 0 Å². The Hall–Kier alpha value is -4.09. The Labute approximate surface area is 215 Å². The minimum atomic E-state index is 0.0160. The fourth-order valence-corrected chi connectivity index (χ4v) is 4.72. The summed E-state index contributed by atoms with van der Waals surface area (Å²) < 4.78 is 3.92. The van der Waals surface area contributed by atoms with Crippen molar-refractivity contribution < 1.29 is 4.79 Å². The number of hydrogen-bond acceptors (Lipinski definition) is 2. The third kappa shape index (κ3) is 4.58. The first kappa shape index (κ1) is 23.6. The molecule has 0 fully saturated rings. The van der Waals surface area contributed by atoms with Crippen molar-refractivity contribution in [1.29, 1.82) is 5.41 Å². The molecule has 1 amide bonds. The average Bonchev–Trinajstić information content (AvgIpc) is 3.17. The summed E-state index contributed by atoms with van der Waals surface area (Å²) in [6, 6.07) is 31.7. The number of fused-ring (bicyclic) bond motifs is 1. The Morgan fingerprint density at radius 3 is 2.28 bits per heavy atom. The van der Waals surface area contributed by atoms with Gasteiger partial charge < -0.3 is 9.88 Å². The highest BCUT2D eigenvalue weighted by atomic mass is 35.5. The van der Waals surface area contributed by atoms with Crippen LogP contribution < -0.4 is 10.9 Å². The summed E-state index contributed by atoms with van der Waals surface area (Å²) >= 11 is 6.43. The molecule has 0 spiro atoms. The molecule has 2 N–H and O–H groups in total. The van der Waals surface area contributed by atoms with Crippen molar-refractivity contribution in [3.63, 3.8) is 0 Å². The lowest BCUT2D eigenvalue weighted by Crippen LogP contribution is -2.24. The van der Waals surface area contributed by atoms with Crippen LogP contribution in [-0.2, 0) is 11.3 Å². The van der Waals surface area contributed by atoms with Gasteiger partial charge in [0.2, 0.25) is 11.5 Å². The van der Waals surface area contributed by atoms with Gasteiger partial charge in [-0.3, -0.25) is 14.8 Å². The lowest BCUT2D eigenvalue weighted by molar-refractivity contribution is -0.116. The number of anilines is 1. The first-order valence-electron chi connectivity index (χ1n) is 12.0. The van der Waals surface area contributed by atoms with E-state index in [9.17, 15) is 4.79 Å². The molecule has 0 unspecified atom stereocenters. The molecule has 1 heterocycles. The van der Waals surface area contributed by atoms with E-state index in [1.807, 2.05) is 113 Å². The molecule has 0 radical (unpaired) electrons. The number of nitrogens with zero attached hydrogens (tertiary/aromatic N) is 2. The molecule has 0 saturated carbocycles. The maximum Gasteiger partial charge on any atom is 0.224 e. The summed E-state index contributed by atoms with van der Waals surface area (Å²) in [6.07, 6.45) is 1.30. The van der Waals surface area contributed by atoms with Gasteiger partial charge in [0.05, 0.1) is 17.6 Å². The summed E-state index contributed by atoms with van der Waals surface area (Å²) in [4.78, 5) is 12.2. The van der Waals surface area contributed by atoms with Gasteiger partial charge >= 0.3 is 0 Å². The Morgan fingerprint density at radius 1 is 0.861 bits per heavy atom. The molecule has 0 aliphatic carbocycles. The van der Waals surface area contributed by atoms with E-state index in [2.05, 4.69) is 5.32 Å². The van der Waals surface area contributed by atoms with Gasteiger partial charge in [-0.2, -0.15) is 0 Å². The molecule has 180 valence electrons. The number of halogens is 1. The molecule has 0 bridgehead atoms. The number of rotatable bonds is 7. The van der Waals surface area contributed by atoms with Crippen LogP contribution in [0.5, 0.6) is 0 Å². The number of amides is 1. The number of nitrogens with one attached hydrogen (secondary N) is 2. The van der Waals surface area contributed by atoms with E-state index in [1.54, 1.807) is 0 Å². The molecule has 5 rings (SSSR count). The molecule has 36 heavy (non-hydrogen) atoms. The minimum absolute atomic E-state index is 0.0160. The SMILES string of the molecule is CCCC(=O)Nc1ccccc1-c1ccc(-n2c(=N)n(Cc3ccccc3Cl)c3ccccc32)cc1. The highest BCUT2D eigenvalue weighted by Crippen LogP contribution is 2.29. The molecule has 1 aromatic heterocycles. The zero-order valence-electron chi connectivity index (χ0n) is 20.0. The fourth-order valence-electron chi connectivity index (χ4n) is 4.52. The van der Waals surface area contributed by atoms with E-state index in [0.29, 0.717) is 23.6 Å². The number of para-hydroxylation sites is 3. The molecular formula is C30H27ClN4O. The number of imidazole rings is 1. The van der Waals surface area contributed by atoms with Crippen LogP contribution >= 0.6 is 11.6 Å². The first-order chi connectivity index (χ1) is 17.6.